The van der Waals surface area contributed by atoms with Crippen LogP contribution >= 0.6 is 0 Å². The summed E-state index contributed by atoms with van der Waals surface area (Å²) in [5.74, 6) is -3.13. The summed E-state index contributed by atoms with van der Waals surface area (Å²) in [5.41, 5.74) is 2.91. The predicted molar refractivity (Wildman–Crippen MR) is 90.3 cm³/mol. The van der Waals surface area contributed by atoms with Crippen LogP contribution in [0.3, 0.4) is 0 Å². The fraction of sp³-hybridized carbons (Fsp3) is 0.0588. The van der Waals surface area contributed by atoms with Gasteiger partial charge in [-0.3, -0.25) is 9.59 Å². The van der Waals surface area contributed by atoms with Crippen LogP contribution in [-0.4, -0.2) is 35.7 Å². The van der Waals surface area contributed by atoms with Crippen molar-refractivity contribution in [1.82, 2.24) is 5.43 Å². The number of rotatable bonds is 6. The number of carboxylic acid groups (broad SMARTS) is 1. The van der Waals surface area contributed by atoms with E-state index < -0.39 is 30.2 Å². The van der Waals surface area contributed by atoms with Crippen LogP contribution in [0.5, 0.6) is 5.75 Å². The summed E-state index contributed by atoms with van der Waals surface area (Å²) in [6.45, 7) is -0.452. The Kier molecular flexibility index (Phi) is 6.38. The monoisotopic (exact) mass is 359 g/mol. The number of ether oxygens (including phenoxy) is 1. The minimum absolute atomic E-state index is 0.271. The third-order valence-corrected chi connectivity index (χ3v) is 2.93. The molecule has 3 N–H and O–H groups in total. The number of carboxylic acids is 1. The summed E-state index contributed by atoms with van der Waals surface area (Å²) in [6, 6.07) is 11.2. The Morgan fingerprint density at radius 1 is 1.04 bits per heavy atom. The van der Waals surface area contributed by atoms with E-state index in [0.717, 1.165) is 12.1 Å². The number of hydrazone groups is 1. The van der Waals surface area contributed by atoms with Crippen LogP contribution in [0.4, 0.5) is 10.1 Å². The Balaban J connectivity index is 1.83. The smallest absolute Gasteiger partial charge is 0.341 e. The highest BCUT2D eigenvalue weighted by Crippen LogP contribution is 2.11. The maximum Gasteiger partial charge on any atom is 0.341 e. The SMILES string of the molecule is O=C(O)COc1ccc(/C=N/NC(=O)C(=O)Nc2ccc(F)cc2)cc1. The molecular weight excluding hydrogens is 345 g/mol. The molecule has 2 aromatic carbocycles. The van der Waals surface area contributed by atoms with Crippen LogP contribution < -0.4 is 15.5 Å². The van der Waals surface area contributed by atoms with Crippen LogP contribution in [0.2, 0.25) is 0 Å². The molecule has 0 heterocycles. The second kappa shape index (κ2) is 8.92. The number of benzene rings is 2. The third-order valence-electron chi connectivity index (χ3n) is 2.93. The summed E-state index contributed by atoms with van der Waals surface area (Å²) < 4.78 is 17.7. The number of hydrogen-bond acceptors (Lipinski definition) is 5. The second-order valence-corrected chi connectivity index (χ2v) is 4.91. The molecule has 2 amide bonds. The summed E-state index contributed by atoms with van der Waals surface area (Å²) in [4.78, 5) is 33.7. The van der Waals surface area contributed by atoms with Crippen LogP contribution in [0.25, 0.3) is 0 Å². The van der Waals surface area contributed by atoms with E-state index in [4.69, 9.17) is 9.84 Å². The van der Waals surface area contributed by atoms with Crippen LogP contribution in [0.15, 0.2) is 53.6 Å². The molecule has 26 heavy (non-hydrogen) atoms. The number of carbonyl (C=O) groups is 3. The van der Waals surface area contributed by atoms with E-state index in [0.29, 0.717) is 11.3 Å². The van der Waals surface area contributed by atoms with Gasteiger partial charge in [-0.05, 0) is 54.1 Å². The van der Waals surface area contributed by atoms with Gasteiger partial charge in [0.15, 0.2) is 6.61 Å². The largest absolute Gasteiger partial charge is 0.482 e. The van der Waals surface area contributed by atoms with Crippen molar-refractivity contribution in [2.45, 2.75) is 0 Å². The first kappa shape index (κ1) is 18.6. The lowest BCUT2D eigenvalue weighted by Crippen LogP contribution is -2.32. The topological polar surface area (TPSA) is 117 Å². The van der Waals surface area contributed by atoms with Gasteiger partial charge in [0.1, 0.15) is 11.6 Å². The van der Waals surface area contributed by atoms with Gasteiger partial charge >= 0.3 is 17.8 Å². The maximum atomic E-state index is 12.8. The molecule has 0 saturated heterocycles. The van der Waals surface area contributed by atoms with Gasteiger partial charge in [-0.15, -0.1) is 0 Å². The van der Waals surface area contributed by atoms with Crippen molar-refractivity contribution in [2.75, 3.05) is 11.9 Å². The van der Waals surface area contributed by atoms with E-state index >= 15 is 0 Å². The highest BCUT2D eigenvalue weighted by atomic mass is 19.1. The lowest BCUT2D eigenvalue weighted by atomic mass is 10.2. The molecule has 0 atom stereocenters. The van der Waals surface area contributed by atoms with Crippen molar-refractivity contribution in [2.24, 2.45) is 5.10 Å². The van der Waals surface area contributed by atoms with Gasteiger partial charge in [-0.2, -0.15) is 5.10 Å². The molecule has 2 aromatic rings. The average Bonchev–Trinajstić information content (AvgIpc) is 2.62. The molecule has 0 bridgehead atoms. The van der Waals surface area contributed by atoms with E-state index in [1.165, 1.54) is 30.5 Å². The van der Waals surface area contributed by atoms with Crippen molar-refractivity contribution in [3.05, 3.63) is 59.9 Å². The van der Waals surface area contributed by atoms with Gasteiger partial charge in [0.05, 0.1) is 6.21 Å². The average molecular weight is 359 g/mol. The maximum absolute atomic E-state index is 12.8. The molecule has 8 nitrogen and oxygen atoms in total. The fourth-order valence-electron chi connectivity index (χ4n) is 1.73. The molecule has 0 unspecified atom stereocenters. The van der Waals surface area contributed by atoms with Gasteiger partial charge in [-0.1, -0.05) is 0 Å². The minimum atomic E-state index is -1.09. The number of halogens is 1. The Morgan fingerprint density at radius 2 is 1.69 bits per heavy atom. The molecule has 0 saturated carbocycles. The van der Waals surface area contributed by atoms with E-state index in [1.807, 2.05) is 0 Å². The third kappa shape index (κ3) is 6.04. The molecule has 0 fully saturated rings. The number of amides is 2. The highest BCUT2D eigenvalue weighted by Gasteiger charge is 2.12. The zero-order chi connectivity index (χ0) is 18.9. The van der Waals surface area contributed by atoms with Crippen molar-refractivity contribution in [3.63, 3.8) is 0 Å². The van der Waals surface area contributed by atoms with E-state index in [2.05, 4.69) is 15.8 Å². The summed E-state index contributed by atoms with van der Waals surface area (Å²) in [7, 11) is 0. The molecule has 0 spiro atoms. The van der Waals surface area contributed by atoms with E-state index in [9.17, 15) is 18.8 Å². The highest BCUT2D eigenvalue weighted by molar-refractivity contribution is 6.39. The molecule has 2 rings (SSSR count). The van der Waals surface area contributed by atoms with Crippen molar-refractivity contribution >= 4 is 29.7 Å². The summed E-state index contributed by atoms with van der Waals surface area (Å²) >= 11 is 0. The Bertz CT molecular complexity index is 819. The first-order chi connectivity index (χ1) is 12.4. The zero-order valence-electron chi connectivity index (χ0n) is 13.3. The molecule has 9 heteroatoms. The Morgan fingerprint density at radius 3 is 2.31 bits per heavy atom. The Hall–Kier alpha value is -3.75. The fourth-order valence-corrected chi connectivity index (χ4v) is 1.73. The molecule has 0 aliphatic heterocycles. The van der Waals surface area contributed by atoms with Gasteiger partial charge in [-0.25, -0.2) is 14.6 Å². The van der Waals surface area contributed by atoms with Crippen molar-refractivity contribution in [1.29, 1.82) is 0 Å². The standard InChI is InChI=1S/C17H14FN3O5/c18-12-3-5-13(6-4-12)20-16(24)17(25)21-19-9-11-1-7-14(8-2-11)26-10-15(22)23/h1-9H,10H2,(H,20,24)(H,21,25)(H,22,23)/b19-9+. The zero-order valence-corrected chi connectivity index (χ0v) is 13.3. The summed E-state index contributed by atoms with van der Waals surface area (Å²) in [5, 5.41) is 14.4. The van der Waals surface area contributed by atoms with E-state index in [1.54, 1.807) is 12.1 Å². The summed E-state index contributed by atoms with van der Waals surface area (Å²) in [6.07, 6.45) is 1.30. The molecular formula is C17H14FN3O5. The first-order valence-electron chi connectivity index (χ1n) is 7.28. The number of aliphatic carboxylic acids is 1. The van der Waals surface area contributed by atoms with Crippen molar-refractivity contribution < 1.29 is 28.6 Å². The van der Waals surface area contributed by atoms with Gasteiger partial charge in [0.2, 0.25) is 0 Å². The molecule has 0 radical (unpaired) electrons. The number of nitrogens with one attached hydrogen (secondary N) is 2. The lowest BCUT2D eigenvalue weighted by molar-refractivity contribution is -0.139. The normalized spacial score (nSPS) is 10.3. The predicted octanol–water partition coefficient (Wildman–Crippen LogP) is 1.38. The van der Waals surface area contributed by atoms with Crippen LogP contribution in [0.1, 0.15) is 5.56 Å². The van der Waals surface area contributed by atoms with E-state index in [-0.39, 0.29) is 5.69 Å². The number of hydrogen-bond donors (Lipinski definition) is 3. The number of anilines is 1. The van der Waals surface area contributed by atoms with Crippen molar-refractivity contribution in [3.8, 4) is 5.75 Å². The van der Waals surface area contributed by atoms with Gasteiger partial charge in [0.25, 0.3) is 0 Å². The Labute approximate surface area is 147 Å². The minimum Gasteiger partial charge on any atom is -0.482 e. The number of nitrogens with zero attached hydrogens (tertiary/aromatic N) is 1. The van der Waals surface area contributed by atoms with Gasteiger partial charge < -0.3 is 15.2 Å². The second-order valence-electron chi connectivity index (χ2n) is 4.91. The molecule has 134 valence electrons. The lowest BCUT2D eigenvalue weighted by Gasteiger charge is -2.04. The van der Waals surface area contributed by atoms with Crippen LogP contribution in [-0.2, 0) is 14.4 Å². The molecule has 0 aliphatic carbocycles. The molecule has 0 aromatic heterocycles. The van der Waals surface area contributed by atoms with Gasteiger partial charge in [0, 0.05) is 5.69 Å². The first-order valence-corrected chi connectivity index (χ1v) is 7.28. The quantitative estimate of drug-likeness (QED) is 0.409. The number of carbonyl (C=O) groups excluding carboxylic acids is 2. The van der Waals surface area contributed by atoms with Crippen LogP contribution in [0, 0.1) is 5.82 Å². The molecule has 0 aliphatic rings.